The molecule has 0 aliphatic heterocycles. The van der Waals surface area contributed by atoms with Crippen LogP contribution in [0.4, 0.5) is 13.2 Å². The number of aryl methyl sites for hydroxylation is 1. The Morgan fingerprint density at radius 2 is 1.55 bits per heavy atom. The number of hydrogen-bond acceptors (Lipinski definition) is 4. The monoisotopic (exact) mass is 490 g/mol. The van der Waals surface area contributed by atoms with Crippen molar-refractivity contribution in [1.29, 1.82) is 0 Å². The molecular formula is C23H15Cl2F3N4O. The van der Waals surface area contributed by atoms with Crippen LogP contribution in [0.15, 0.2) is 65.7 Å². The van der Waals surface area contributed by atoms with Crippen molar-refractivity contribution < 1.29 is 13.2 Å². The predicted molar refractivity (Wildman–Crippen MR) is 120 cm³/mol. The fourth-order valence-corrected chi connectivity index (χ4v) is 3.81. The van der Waals surface area contributed by atoms with Gasteiger partial charge in [-0.25, -0.2) is 9.67 Å². The maximum Gasteiger partial charge on any atom is 0.433 e. The Morgan fingerprint density at radius 1 is 0.909 bits per heavy atom. The summed E-state index contributed by atoms with van der Waals surface area (Å²) < 4.78 is 40.0. The van der Waals surface area contributed by atoms with Crippen LogP contribution in [-0.2, 0) is 12.7 Å². The number of pyridine rings is 2. The van der Waals surface area contributed by atoms with E-state index in [2.05, 4.69) is 15.1 Å². The molecule has 0 saturated heterocycles. The second kappa shape index (κ2) is 8.96. The SMILES string of the molecule is Cc1nc(C(F)(F)F)ccc1Cn1nc(Cl)c(-c2ccc(Cl)cc2)c(-c2ccncc2)c1=O. The molecule has 168 valence electrons. The molecule has 0 N–H and O–H groups in total. The molecule has 33 heavy (non-hydrogen) atoms. The number of benzene rings is 1. The van der Waals surface area contributed by atoms with E-state index < -0.39 is 17.4 Å². The van der Waals surface area contributed by atoms with Gasteiger partial charge in [-0.15, -0.1) is 0 Å². The molecule has 0 bridgehead atoms. The maximum atomic E-state index is 13.5. The predicted octanol–water partition coefficient (Wildman–Crippen LogP) is 6.05. The van der Waals surface area contributed by atoms with Crippen LogP contribution in [-0.4, -0.2) is 19.7 Å². The first-order chi connectivity index (χ1) is 15.6. The second-order valence-electron chi connectivity index (χ2n) is 7.19. The summed E-state index contributed by atoms with van der Waals surface area (Å²) in [6.07, 6.45) is -1.47. The topological polar surface area (TPSA) is 60.7 Å². The van der Waals surface area contributed by atoms with E-state index in [0.717, 1.165) is 10.7 Å². The summed E-state index contributed by atoms with van der Waals surface area (Å²) in [4.78, 5) is 21.1. The lowest BCUT2D eigenvalue weighted by molar-refractivity contribution is -0.141. The smallest absolute Gasteiger partial charge is 0.267 e. The van der Waals surface area contributed by atoms with E-state index in [9.17, 15) is 18.0 Å². The zero-order valence-electron chi connectivity index (χ0n) is 17.1. The Morgan fingerprint density at radius 3 is 2.15 bits per heavy atom. The van der Waals surface area contributed by atoms with Crippen LogP contribution in [0, 0.1) is 6.92 Å². The van der Waals surface area contributed by atoms with E-state index in [1.54, 1.807) is 48.8 Å². The molecule has 0 amide bonds. The van der Waals surface area contributed by atoms with Crippen LogP contribution in [0.25, 0.3) is 22.3 Å². The minimum absolute atomic E-state index is 0.0567. The lowest BCUT2D eigenvalue weighted by atomic mass is 9.98. The van der Waals surface area contributed by atoms with Gasteiger partial charge < -0.3 is 0 Å². The summed E-state index contributed by atoms with van der Waals surface area (Å²) >= 11 is 12.5. The summed E-state index contributed by atoms with van der Waals surface area (Å²) in [6.45, 7) is 1.34. The highest BCUT2D eigenvalue weighted by Gasteiger charge is 2.32. The molecule has 0 aliphatic rings. The van der Waals surface area contributed by atoms with E-state index in [1.165, 1.54) is 13.0 Å². The van der Waals surface area contributed by atoms with Crippen molar-refractivity contribution in [2.24, 2.45) is 0 Å². The molecule has 5 nitrogen and oxygen atoms in total. The first-order valence-corrected chi connectivity index (χ1v) is 10.4. The quantitative estimate of drug-likeness (QED) is 0.349. The van der Waals surface area contributed by atoms with Crippen molar-refractivity contribution in [3.8, 4) is 22.3 Å². The van der Waals surface area contributed by atoms with Crippen LogP contribution in [0.5, 0.6) is 0 Å². The molecule has 0 atom stereocenters. The van der Waals surface area contributed by atoms with Gasteiger partial charge in [0, 0.05) is 28.7 Å². The molecule has 1 aromatic carbocycles. The highest BCUT2D eigenvalue weighted by atomic mass is 35.5. The maximum absolute atomic E-state index is 13.5. The Kier molecular flexibility index (Phi) is 6.23. The van der Waals surface area contributed by atoms with E-state index in [-0.39, 0.29) is 23.0 Å². The van der Waals surface area contributed by atoms with E-state index in [1.807, 2.05) is 0 Å². The molecule has 3 heterocycles. The fourth-order valence-electron chi connectivity index (χ4n) is 3.39. The summed E-state index contributed by atoms with van der Waals surface area (Å²) in [7, 11) is 0. The Bertz CT molecular complexity index is 1370. The van der Waals surface area contributed by atoms with Crippen LogP contribution >= 0.6 is 23.2 Å². The molecule has 3 aromatic heterocycles. The van der Waals surface area contributed by atoms with Crippen molar-refractivity contribution in [3.63, 3.8) is 0 Å². The standard InChI is InChI=1S/C23H15Cl2F3N4O/c1-13-16(4-7-18(30-13)23(26,27)28)12-32-22(33)20(15-8-10-29-11-9-15)19(21(25)31-32)14-2-5-17(24)6-3-14/h2-11H,12H2,1H3. The summed E-state index contributed by atoms with van der Waals surface area (Å²) in [5, 5.41) is 4.81. The summed E-state index contributed by atoms with van der Waals surface area (Å²) in [6, 6.07) is 12.3. The Hall–Kier alpha value is -3.23. The van der Waals surface area contributed by atoms with Gasteiger partial charge in [-0.05, 0) is 53.9 Å². The highest BCUT2D eigenvalue weighted by Crippen LogP contribution is 2.35. The average molecular weight is 491 g/mol. The molecule has 0 saturated carbocycles. The van der Waals surface area contributed by atoms with Crippen LogP contribution in [0.1, 0.15) is 17.0 Å². The van der Waals surface area contributed by atoms with Crippen molar-refractivity contribution in [2.45, 2.75) is 19.6 Å². The number of aromatic nitrogens is 4. The minimum Gasteiger partial charge on any atom is -0.267 e. The Labute approximate surface area is 196 Å². The van der Waals surface area contributed by atoms with Crippen molar-refractivity contribution in [1.82, 2.24) is 19.7 Å². The molecule has 4 rings (SSSR count). The third-order valence-corrected chi connectivity index (χ3v) is 5.54. The van der Waals surface area contributed by atoms with Gasteiger partial charge in [-0.1, -0.05) is 41.4 Å². The summed E-state index contributed by atoms with van der Waals surface area (Å²) in [5.41, 5.74) is 1.00. The van der Waals surface area contributed by atoms with Gasteiger partial charge in [0.2, 0.25) is 0 Å². The van der Waals surface area contributed by atoms with Crippen molar-refractivity contribution in [2.75, 3.05) is 0 Å². The highest BCUT2D eigenvalue weighted by molar-refractivity contribution is 6.33. The van der Waals surface area contributed by atoms with Crippen LogP contribution in [0.2, 0.25) is 10.2 Å². The third-order valence-electron chi connectivity index (χ3n) is 5.02. The second-order valence-corrected chi connectivity index (χ2v) is 7.98. The molecule has 0 aliphatic carbocycles. The van der Waals surface area contributed by atoms with Crippen LogP contribution < -0.4 is 5.56 Å². The number of hydrogen-bond donors (Lipinski definition) is 0. The van der Waals surface area contributed by atoms with E-state index >= 15 is 0 Å². The molecule has 10 heteroatoms. The van der Waals surface area contributed by atoms with Crippen molar-refractivity contribution in [3.05, 3.63) is 98.4 Å². The van der Waals surface area contributed by atoms with Gasteiger partial charge in [-0.3, -0.25) is 9.78 Å². The van der Waals surface area contributed by atoms with Gasteiger partial charge in [-0.2, -0.15) is 18.3 Å². The zero-order valence-corrected chi connectivity index (χ0v) is 18.6. The molecule has 4 aromatic rings. The summed E-state index contributed by atoms with van der Waals surface area (Å²) in [5.74, 6) is 0. The van der Waals surface area contributed by atoms with E-state index in [4.69, 9.17) is 23.2 Å². The Balaban J connectivity index is 1.87. The first-order valence-electron chi connectivity index (χ1n) is 9.66. The third kappa shape index (κ3) is 4.77. The molecule has 0 unspecified atom stereocenters. The first kappa shape index (κ1) is 22.9. The molecule has 0 fully saturated rings. The van der Waals surface area contributed by atoms with Gasteiger partial charge in [0.05, 0.1) is 12.1 Å². The number of rotatable bonds is 4. The molecule has 0 radical (unpaired) electrons. The largest absolute Gasteiger partial charge is 0.433 e. The van der Waals surface area contributed by atoms with Gasteiger partial charge in [0.1, 0.15) is 5.69 Å². The van der Waals surface area contributed by atoms with Gasteiger partial charge >= 0.3 is 6.18 Å². The van der Waals surface area contributed by atoms with Crippen molar-refractivity contribution >= 4 is 23.2 Å². The number of alkyl halides is 3. The van der Waals surface area contributed by atoms with Gasteiger partial charge in [0.15, 0.2) is 5.15 Å². The van der Waals surface area contributed by atoms with Crippen LogP contribution in [0.3, 0.4) is 0 Å². The zero-order chi connectivity index (χ0) is 23.8. The lowest BCUT2D eigenvalue weighted by Crippen LogP contribution is -2.26. The normalized spacial score (nSPS) is 11.6. The molecule has 0 spiro atoms. The van der Waals surface area contributed by atoms with Gasteiger partial charge in [0.25, 0.3) is 5.56 Å². The number of nitrogens with zero attached hydrogens (tertiary/aromatic N) is 4. The molecular weight excluding hydrogens is 476 g/mol. The average Bonchev–Trinajstić information content (AvgIpc) is 2.77. The number of halogens is 5. The van der Waals surface area contributed by atoms with E-state index in [0.29, 0.717) is 27.3 Å². The minimum atomic E-state index is -4.56. The fraction of sp³-hybridized carbons (Fsp3) is 0.130. The lowest BCUT2D eigenvalue weighted by Gasteiger charge is -2.16.